The summed E-state index contributed by atoms with van der Waals surface area (Å²) in [5, 5.41) is 8.62. The fourth-order valence-electron chi connectivity index (χ4n) is 3.29. The third-order valence-electron chi connectivity index (χ3n) is 4.77. The van der Waals surface area contributed by atoms with Gasteiger partial charge >= 0.3 is 5.97 Å². The molecule has 1 aliphatic rings. The van der Waals surface area contributed by atoms with Gasteiger partial charge in [0.15, 0.2) is 0 Å². The van der Waals surface area contributed by atoms with Gasteiger partial charge in [0.25, 0.3) is 0 Å². The Bertz CT molecular complexity index is 537. The molecule has 3 nitrogen and oxygen atoms in total. The van der Waals surface area contributed by atoms with Crippen molar-refractivity contribution in [1.82, 2.24) is 0 Å². The molecule has 0 aliphatic heterocycles. The highest BCUT2D eigenvalue weighted by Gasteiger charge is 2.21. The summed E-state index contributed by atoms with van der Waals surface area (Å²) in [7, 11) is 0. The first kappa shape index (κ1) is 18.3. The number of benzene rings is 1. The molecule has 2 rings (SSSR count). The Morgan fingerprint density at radius 3 is 2.46 bits per heavy atom. The second-order valence-corrected chi connectivity index (χ2v) is 6.66. The summed E-state index contributed by atoms with van der Waals surface area (Å²) in [6.07, 6.45) is 13.7. The van der Waals surface area contributed by atoms with E-state index < -0.39 is 5.97 Å². The number of carboxylic acids is 1. The molecule has 0 aromatic heterocycles. The van der Waals surface area contributed by atoms with E-state index in [1.54, 1.807) is 6.08 Å². The van der Waals surface area contributed by atoms with E-state index in [-0.39, 0.29) is 0 Å². The fraction of sp³-hybridized carbons (Fsp3) is 0.476. The number of ether oxygens (including phenoxy) is 1. The number of unbranched alkanes of at least 4 members (excludes halogenated alkanes) is 1. The lowest BCUT2D eigenvalue weighted by molar-refractivity contribution is -0.131. The van der Waals surface area contributed by atoms with Crippen LogP contribution in [0.2, 0.25) is 0 Å². The summed E-state index contributed by atoms with van der Waals surface area (Å²) in [5.74, 6) is 1.47. The van der Waals surface area contributed by atoms with Crippen molar-refractivity contribution in [2.24, 2.45) is 11.8 Å². The van der Waals surface area contributed by atoms with Crippen molar-refractivity contribution >= 4 is 12.0 Å². The van der Waals surface area contributed by atoms with Gasteiger partial charge in [-0.3, -0.25) is 0 Å². The van der Waals surface area contributed by atoms with Crippen LogP contribution in [0.25, 0.3) is 6.08 Å². The SMILES string of the molecule is C=CCCCC1CCC(COc2ccc(/C=C/C(=O)O)cc2)CC1. The first-order valence-corrected chi connectivity index (χ1v) is 8.92. The van der Waals surface area contributed by atoms with Crippen LogP contribution >= 0.6 is 0 Å². The highest BCUT2D eigenvalue weighted by atomic mass is 16.5. The van der Waals surface area contributed by atoms with E-state index >= 15 is 0 Å². The highest BCUT2D eigenvalue weighted by Crippen LogP contribution is 2.32. The molecule has 0 amide bonds. The average Bonchev–Trinajstić information content (AvgIpc) is 2.60. The van der Waals surface area contributed by atoms with Crippen LogP contribution < -0.4 is 4.74 Å². The molecular weight excluding hydrogens is 300 g/mol. The van der Waals surface area contributed by atoms with Crippen LogP contribution in [-0.4, -0.2) is 17.7 Å². The van der Waals surface area contributed by atoms with Crippen LogP contribution in [0, 0.1) is 11.8 Å². The summed E-state index contributed by atoms with van der Waals surface area (Å²) in [6, 6.07) is 7.57. The summed E-state index contributed by atoms with van der Waals surface area (Å²) < 4.78 is 5.91. The molecule has 1 aliphatic carbocycles. The Morgan fingerprint density at radius 1 is 1.17 bits per heavy atom. The van der Waals surface area contributed by atoms with E-state index in [1.807, 2.05) is 30.3 Å². The van der Waals surface area contributed by atoms with Crippen molar-refractivity contribution in [3.63, 3.8) is 0 Å². The minimum Gasteiger partial charge on any atom is -0.493 e. The Morgan fingerprint density at radius 2 is 1.83 bits per heavy atom. The zero-order valence-electron chi connectivity index (χ0n) is 14.3. The average molecular weight is 328 g/mol. The molecule has 0 spiro atoms. The van der Waals surface area contributed by atoms with Gasteiger partial charge in [0.1, 0.15) is 5.75 Å². The van der Waals surface area contributed by atoms with Crippen molar-refractivity contribution in [2.75, 3.05) is 6.61 Å². The molecule has 3 heteroatoms. The number of allylic oxidation sites excluding steroid dienone is 1. The molecule has 0 saturated heterocycles. The van der Waals surface area contributed by atoms with Crippen molar-refractivity contribution in [1.29, 1.82) is 0 Å². The molecule has 0 unspecified atom stereocenters. The minimum atomic E-state index is -0.935. The third-order valence-corrected chi connectivity index (χ3v) is 4.77. The molecule has 1 saturated carbocycles. The molecule has 130 valence electrons. The van der Waals surface area contributed by atoms with E-state index in [4.69, 9.17) is 9.84 Å². The number of carboxylic acid groups (broad SMARTS) is 1. The Hall–Kier alpha value is -2.03. The van der Waals surface area contributed by atoms with Gasteiger partial charge in [0.2, 0.25) is 0 Å². The van der Waals surface area contributed by atoms with Gasteiger partial charge in [-0.05, 0) is 61.3 Å². The Balaban J connectivity index is 1.69. The number of hydrogen-bond acceptors (Lipinski definition) is 2. The molecule has 24 heavy (non-hydrogen) atoms. The fourth-order valence-corrected chi connectivity index (χ4v) is 3.29. The lowest BCUT2D eigenvalue weighted by Gasteiger charge is -2.28. The summed E-state index contributed by atoms with van der Waals surface area (Å²) in [5.41, 5.74) is 0.866. The lowest BCUT2D eigenvalue weighted by Crippen LogP contribution is -2.20. The predicted octanol–water partition coefficient (Wildman–Crippen LogP) is 5.33. The molecule has 0 bridgehead atoms. The largest absolute Gasteiger partial charge is 0.493 e. The van der Waals surface area contributed by atoms with Crippen molar-refractivity contribution in [2.45, 2.75) is 44.9 Å². The number of hydrogen-bond donors (Lipinski definition) is 1. The van der Waals surface area contributed by atoms with Crippen LogP contribution in [0.1, 0.15) is 50.5 Å². The summed E-state index contributed by atoms with van der Waals surface area (Å²) in [6.45, 7) is 4.57. The van der Waals surface area contributed by atoms with Crippen LogP contribution in [0.4, 0.5) is 0 Å². The monoisotopic (exact) mass is 328 g/mol. The number of carbonyl (C=O) groups is 1. The molecule has 1 aromatic carbocycles. The van der Waals surface area contributed by atoms with Gasteiger partial charge in [-0.25, -0.2) is 4.79 Å². The normalized spacial score (nSPS) is 20.8. The summed E-state index contributed by atoms with van der Waals surface area (Å²) >= 11 is 0. The van der Waals surface area contributed by atoms with Gasteiger partial charge in [0.05, 0.1) is 6.61 Å². The van der Waals surface area contributed by atoms with Crippen molar-refractivity contribution in [3.05, 3.63) is 48.6 Å². The van der Waals surface area contributed by atoms with Crippen LogP contribution in [-0.2, 0) is 4.79 Å². The van der Waals surface area contributed by atoms with E-state index in [0.29, 0.717) is 5.92 Å². The first-order valence-electron chi connectivity index (χ1n) is 8.92. The standard InChI is InChI=1S/C21H28O3/c1-2-3-4-5-17-6-8-19(9-7-17)16-24-20-13-10-18(11-14-20)12-15-21(22)23/h2,10-15,17,19H,1,3-9,16H2,(H,22,23)/b15-12+. The van der Waals surface area contributed by atoms with E-state index in [2.05, 4.69) is 6.58 Å². The molecule has 1 N–H and O–H groups in total. The van der Waals surface area contributed by atoms with Gasteiger partial charge in [0, 0.05) is 6.08 Å². The number of rotatable bonds is 9. The second kappa shape index (κ2) is 9.96. The molecule has 0 radical (unpaired) electrons. The zero-order valence-corrected chi connectivity index (χ0v) is 14.3. The summed E-state index contributed by atoms with van der Waals surface area (Å²) in [4.78, 5) is 10.5. The Labute approximate surface area is 145 Å². The topological polar surface area (TPSA) is 46.5 Å². The zero-order chi connectivity index (χ0) is 17.2. The van der Waals surface area contributed by atoms with Gasteiger partial charge < -0.3 is 9.84 Å². The van der Waals surface area contributed by atoms with E-state index in [9.17, 15) is 4.79 Å². The van der Waals surface area contributed by atoms with E-state index in [0.717, 1.165) is 36.3 Å². The molecule has 0 atom stereocenters. The first-order chi connectivity index (χ1) is 11.7. The lowest BCUT2D eigenvalue weighted by atomic mass is 9.80. The van der Waals surface area contributed by atoms with E-state index in [1.165, 1.54) is 38.5 Å². The molecule has 1 fully saturated rings. The predicted molar refractivity (Wildman–Crippen MR) is 98.1 cm³/mol. The Kier molecular flexibility index (Phi) is 7.60. The molecule has 0 heterocycles. The van der Waals surface area contributed by atoms with Gasteiger partial charge in [-0.2, -0.15) is 0 Å². The quantitative estimate of drug-likeness (QED) is 0.379. The smallest absolute Gasteiger partial charge is 0.328 e. The highest BCUT2D eigenvalue weighted by molar-refractivity contribution is 5.85. The molecule has 1 aromatic rings. The van der Waals surface area contributed by atoms with Crippen LogP contribution in [0.5, 0.6) is 5.75 Å². The van der Waals surface area contributed by atoms with Crippen molar-refractivity contribution < 1.29 is 14.6 Å². The maximum absolute atomic E-state index is 10.5. The maximum atomic E-state index is 10.5. The third kappa shape index (κ3) is 6.61. The van der Waals surface area contributed by atoms with Crippen LogP contribution in [0.3, 0.4) is 0 Å². The van der Waals surface area contributed by atoms with Gasteiger partial charge in [-0.15, -0.1) is 6.58 Å². The minimum absolute atomic E-state index is 0.659. The number of aliphatic carboxylic acids is 1. The van der Waals surface area contributed by atoms with Crippen molar-refractivity contribution in [3.8, 4) is 5.75 Å². The van der Waals surface area contributed by atoms with Crippen LogP contribution in [0.15, 0.2) is 43.0 Å². The molecular formula is C21H28O3. The van der Waals surface area contributed by atoms with Gasteiger partial charge in [-0.1, -0.05) is 37.5 Å². The second-order valence-electron chi connectivity index (χ2n) is 6.66. The maximum Gasteiger partial charge on any atom is 0.328 e.